The van der Waals surface area contributed by atoms with Crippen molar-refractivity contribution in [3.8, 4) is 0 Å². The normalized spacial score (nSPS) is 23.0. The van der Waals surface area contributed by atoms with E-state index in [0.717, 1.165) is 45.6 Å². The molecule has 3 rings (SSSR count). The number of piperidine rings is 2. The van der Waals surface area contributed by atoms with Gasteiger partial charge in [0.1, 0.15) is 0 Å². The van der Waals surface area contributed by atoms with Gasteiger partial charge in [-0.25, -0.2) is 4.98 Å². The Hall–Kier alpha value is -0.940. The van der Waals surface area contributed by atoms with Crippen LogP contribution >= 0.6 is 11.3 Å². The van der Waals surface area contributed by atoms with E-state index in [9.17, 15) is 4.79 Å². The summed E-state index contributed by atoms with van der Waals surface area (Å²) in [5, 5.41) is 0. The highest BCUT2D eigenvalue weighted by Gasteiger charge is 2.40. The zero-order chi connectivity index (χ0) is 14.9. The number of aryl methyl sites for hydroxylation is 1. The van der Waals surface area contributed by atoms with Crippen LogP contribution in [0.2, 0.25) is 0 Å². The van der Waals surface area contributed by atoms with Gasteiger partial charge in [-0.3, -0.25) is 9.69 Å². The van der Waals surface area contributed by atoms with Crippen LogP contribution in [-0.4, -0.2) is 46.9 Å². The van der Waals surface area contributed by atoms with E-state index in [4.69, 9.17) is 0 Å². The second-order valence-electron chi connectivity index (χ2n) is 6.55. The van der Waals surface area contributed by atoms with E-state index < -0.39 is 0 Å². The fraction of sp³-hybridized carbons (Fsp3) is 0.750. The Labute approximate surface area is 131 Å². The lowest BCUT2D eigenvalue weighted by atomic mass is 9.72. The van der Waals surface area contributed by atoms with Gasteiger partial charge in [0.15, 0.2) is 0 Å². The molecule has 0 atom stereocenters. The second-order valence-corrected chi connectivity index (χ2v) is 7.48. The Morgan fingerprint density at radius 2 is 2.10 bits per heavy atom. The minimum atomic E-state index is 0.353. The number of carbonyl (C=O) groups is 1. The molecule has 116 valence electrons. The number of carbonyl (C=O) groups excluding carboxylic acids is 1. The number of hydrogen-bond donors (Lipinski definition) is 0. The molecule has 0 saturated carbocycles. The lowest BCUT2D eigenvalue weighted by Gasteiger charge is -2.47. The maximum atomic E-state index is 11.9. The van der Waals surface area contributed by atoms with Crippen LogP contribution in [0.4, 0.5) is 0 Å². The van der Waals surface area contributed by atoms with Gasteiger partial charge < -0.3 is 4.90 Å². The molecule has 2 fully saturated rings. The topological polar surface area (TPSA) is 36.4 Å². The Morgan fingerprint density at radius 3 is 2.71 bits per heavy atom. The quantitative estimate of drug-likeness (QED) is 0.861. The summed E-state index contributed by atoms with van der Waals surface area (Å²) in [5.74, 6) is 0.353. The average Bonchev–Trinajstić information content (AvgIpc) is 2.90. The van der Waals surface area contributed by atoms with Gasteiger partial charge in [-0.05, 0) is 51.6 Å². The molecule has 0 aliphatic carbocycles. The molecule has 0 aromatic carbocycles. The first-order valence-electron chi connectivity index (χ1n) is 8.01. The molecule has 2 aliphatic heterocycles. The first-order chi connectivity index (χ1) is 10.1. The van der Waals surface area contributed by atoms with Gasteiger partial charge in [0.25, 0.3) is 0 Å². The van der Waals surface area contributed by atoms with Gasteiger partial charge in [0.05, 0.1) is 11.2 Å². The smallest absolute Gasteiger partial charge is 0.222 e. The van der Waals surface area contributed by atoms with Gasteiger partial charge in [-0.1, -0.05) is 0 Å². The Kier molecular flexibility index (Phi) is 4.31. The molecule has 5 heteroatoms. The molecule has 1 amide bonds. The standard InChI is InChI=1S/C16H25N3OS/c1-3-19-11-16(5-4-15(19)20)6-8-18(9-7-16)10-14-13(2)17-12-21-14/h12H,3-11H2,1-2H3. The minimum Gasteiger partial charge on any atom is -0.342 e. The molecule has 0 bridgehead atoms. The zero-order valence-electron chi connectivity index (χ0n) is 13.1. The number of aromatic nitrogens is 1. The van der Waals surface area contributed by atoms with E-state index in [1.165, 1.54) is 23.4 Å². The molecule has 1 aromatic heterocycles. The van der Waals surface area contributed by atoms with Crippen LogP contribution in [0.1, 0.15) is 43.2 Å². The molecule has 1 spiro atoms. The van der Waals surface area contributed by atoms with Gasteiger partial charge in [0.2, 0.25) is 5.91 Å². The van der Waals surface area contributed by atoms with Crippen molar-refractivity contribution >= 4 is 17.2 Å². The lowest BCUT2D eigenvalue weighted by Crippen LogP contribution is -2.51. The van der Waals surface area contributed by atoms with Gasteiger partial charge in [-0.2, -0.15) is 0 Å². The maximum Gasteiger partial charge on any atom is 0.222 e. The van der Waals surface area contributed by atoms with E-state index in [1.807, 2.05) is 5.51 Å². The Balaban J connectivity index is 1.57. The van der Waals surface area contributed by atoms with E-state index >= 15 is 0 Å². The summed E-state index contributed by atoms with van der Waals surface area (Å²) in [5.41, 5.74) is 3.52. The van der Waals surface area contributed by atoms with Crippen LogP contribution in [0.25, 0.3) is 0 Å². The van der Waals surface area contributed by atoms with Crippen molar-refractivity contribution in [2.45, 2.75) is 46.1 Å². The van der Waals surface area contributed by atoms with E-state index in [2.05, 4.69) is 28.6 Å². The number of nitrogens with zero attached hydrogens (tertiary/aromatic N) is 3. The van der Waals surface area contributed by atoms with E-state index in [-0.39, 0.29) is 0 Å². The highest BCUT2D eigenvalue weighted by atomic mass is 32.1. The molecule has 0 unspecified atom stereocenters. The fourth-order valence-corrected chi connectivity index (χ4v) is 4.48. The van der Waals surface area contributed by atoms with Gasteiger partial charge in [0, 0.05) is 30.9 Å². The third kappa shape index (κ3) is 3.14. The number of likely N-dealkylation sites (tertiary alicyclic amines) is 2. The zero-order valence-corrected chi connectivity index (χ0v) is 13.9. The van der Waals surface area contributed by atoms with Crippen LogP contribution in [0.15, 0.2) is 5.51 Å². The van der Waals surface area contributed by atoms with Gasteiger partial charge >= 0.3 is 0 Å². The molecule has 2 aliphatic rings. The number of thiazole rings is 1. The van der Waals surface area contributed by atoms with Crippen molar-refractivity contribution in [2.75, 3.05) is 26.2 Å². The van der Waals surface area contributed by atoms with Crippen molar-refractivity contribution in [3.05, 3.63) is 16.1 Å². The Bertz CT molecular complexity index is 505. The molecule has 3 heterocycles. The van der Waals surface area contributed by atoms with Crippen LogP contribution in [0.3, 0.4) is 0 Å². The van der Waals surface area contributed by atoms with E-state index in [1.54, 1.807) is 11.3 Å². The van der Waals surface area contributed by atoms with Crippen molar-refractivity contribution < 1.29 is 4.79 Å². The number of amides is 1. The van der Waals surface area contributed by atoms with Crippen molar-refractivity contribution in [1.82, 2.24) is 14.8 Å². The highest BCUT2D eigenvalue weighted by molar-refractivity contribution is 7.09. The molecular weight excluding hydrogens is 282 g/mol. The van der Waals surface area contributed by atoms with E-state index in [0.29, 0.717) is 11.3 Å². The molecular formula is C16H25N3OS. The third-order valence-electron chi connectivity index (χ3n) is 5.26. The number of hydrogen-bond acceptors (Lipinski definition) is 4. The van der Waals surface area contributed by atoms with Crippen LogP contribution in [0.5, 0.6) is 0 Å². The summed E-state index contributed by atoms with van der Waals surface area (Å²) in [4.78, 5) is 22.2. The van der Waals surface area contributed by atoms with Crippen LogP contribution in [0, 0.1) is 12.3 Å². The fourth-order valence-electron chi connectivity index (χ4n) is 3.67. The molecule has 21 heavy (non-hydrogen) atoms. The molecule has 0 N–H and O–H groups in total. The van der Waals surface area contributed by atoms with Gasteiger partial charge in [-0.15, -0.1) is 11.3 Å². The summed E-state index contributed by atoms with van der Waals surface area (Å²) < 4.78 is 0. The van der Waals surface area contributed by atoms with Crippen LogP contribution < -0.4 is 0 Å². The first kappa shape index (κ1) is 15.0. The van der Waals surface area contributed by atoms with Crippen molar-refractivity contribution in [1.29, 1.82) is 0 Å². The molecule has 2 saturated heterocycles. The van der Waals surface area contributed by atoms with Crippen LogP contribution in [-0.2, 0) is 11.3 Å². The summed E-state index contributed by atoms with van der Waals surface area (Å²) in [6, 6.07) is 0. The summed E-state index contributed by atoms with van der Waals surface area (Å²) in [6.45, 7) is 9.40. The maximum absolute atomic E-state index is 11.9. The first-order valence-corrected chi connectivity index (χ1v) is 8.89. The molecule has 0 radical (unpaired) electrons. The summed E-state index contributed by atoms with van der Waals surface area (Å²) >= 11 is 1.77. The predicted molar refractivity (Wildman–Crippen MR) is 85.3 cm³/mol. The second kappa shape index (κ2) is 6.05. The lowest BCUT2D eigenvalue weighted by molar-refractivity contribution is -0.138. The highest BCUT2D eigenvalue weighted by Crippen LogP contribution is 2.40. The SMILES string of the molecule is CCN1CC2(CCC1=O)CCN(Cc1scnc1C)CC2. The minimum absolute atomic E-state index is 0.353. The summed E-state index contributed by atoms with van der Waals surface area (Å²) in [7, 11) is 0. The Morgan fingerprint density at radius 1 is 1.33 bits per heavy atom. The van der Waals surface area contributed by atoms with Crippen molar-refractivity contribution in [2.24, 2.45) is 5.41 Å². The third-order valence-corrected chi connectivity index (χ3v) is 6.18. The largest absolute Gasteiger partial charge is 0.342 e. The monoisotopic (exact) mass is 307 g/mol. The van der Waals surface area contributed by atoms with Crippen molar-refractivity contribution in [3.63, 3.8) is 0 Å². The molecule has 4 nitrogen and oxygen atoms in total. The summed E-state index contributed by atoms with van der Waals surface area (Å²) in [6.07, 6.45) is 4.31. The average molecular weight is 307 g/mol. The predicted octanol–water partition coefficient (Wildman–Crippen LogP) is 2.68. The molecule has 1 aromatic rings. The number of rotatable bonds is 3.